The first kappa shape index (κ1) is 21.1. The molecule has 2 aliphatic heterocycles. The van der Waals surface area contributed by atoms with Gasteiger partial charge in [-0.1, -0.05) is 55.8 Å². The van der Waals surface area contributed by atoms with Crippen LogP contribution in [0.2, 0.25) is 0 Å². The van der Waals surface area contributed by atoms with Gasteiger partial charge in [0.25, 0.3) is 11.7 Å². The van der Waals surface area contributed by atoms with Gasteiger partial charge in [-0.2, -0.15) is 0 Å². The lowest BCUT2D eigenvalue weighted by molar-refractivity contribution is -0.139. The van der Waals surface area contributed by atoms with E-state index in [1.165, 1.54) is 0 Å². The van der Waals surface area contributed by atoms with Crippen LogP contribution in [0.5, 0.6) is 11.5 Å². The Bertz CT molecular complexity index is 1270. The van der Waals surface area contributed by atoms with Crippen LogP contribution in [-0.4, -0.2) is 41.5 Å². The third-order valence-electron chi connectivity index (χ3n) is 6.23. The summed E-state index contributed by atoms with van der Waals surface area (Å²) in [6.45, 7) is 3.35. The van der Waals surface area contributed by atoms with Crippen molar-refractivity contribution in [2.75, 3.05) is 19.8 Å². The van der Waals surface area contributed by atoms with Crippen molar-refractivity contribution in [1.29, 1.82) is 0 Å². The van der Waals surface area contributed by atoms with Crippen LogP contribution < -0.4 is 9.47 Å². The highest BCUT2D eigenvalue weighted by Crippen LogP contribution is 2.43. The van der Waals surface area contributed by atoms with E-state index in [2.05, 4.69) is 0 Å². The highest BCUT2D eigenvalue weighted by Gasteiger charge is 2.46. The Labute approximate surface area is 192 Å². The molecule has 0 spiro atoms. The highest BCUT2D eigenvalue weighted by molar-refractivity contribution is 6.46. The fourth-order valence-corrected chi connectivity index (χ4v) is 4.60. The van der Waals surface area contributed by atoms with E-state index in [1.54, 1.807) is 23.1 Å². The monoisotopic (exact) mass is 443 g/mol. The van der Waals surface area contributed by atoms with Crippen LogP contribution >= 0.6 is 0 Å². The number of aliphatic hydroxyl groups excluding tert-OH is 1. The maximum absolute atomic E-state index is 13.2. The predicted octanol–water partition coefficient (Wildman–Crippen LogP) is 4.83. The molecule has 6 heteroatoms. The van der Waals surface area contributed by atoms with E-state index >= 15 is 0 Å². The second-order valence-corrected chi connectivity index (χ2v) is 8.27. The summed E-state index contributed by atoms with van der Waals surface area (Å²) in [7, 11) is 0. The van der Waals surface area contributed by atoms with Crippen LogP contribution in [0.25, 0.3) is 16.5 Å². The molecule has 1 N–H and O–H groups in total. The van der Waals surface area contributed by atoms with Gasteiger partial charge < -0.3 is 19.5 Å². The third kappa shape index (κ3) is 3.61. The Morgan fingerprint density at radius 2 is 1.76 bits per heavy atom. The van der Waals surface area contributed by atoms with Crippen LogP contribution in [0.3, 0.4) is 0 Å². The summed E-state index contributed by atoms with van der Waals surface area (Å²) in [5.74, 6) is -0.363. The number of carbonyl (C=O) groups excluding carboxylic acids is 2. The predicted molar refractivity (Wildman–Crippen MR) is 125 cm³/mol. The lowest BCUT2D eigenvalue weighted by Crippen LogP contribution is -2.30. The minimum Gasteiger partial charge on any atom is -0.507 e. The quantitative estimate of drug-likeness (QED) is 0.347. The minimum absolute atomic E-state index is 0.101. The number of hydrogen-bond donors (Lipinski definition) is 1. The minimum atomic E-state index is -0.671. The summed E-state index contributed by atoms with van der Waals surface area (Å²) in [5, 5.41) is 13.3. The van der Waals surface area contributed by atoms with Crippen molar-refractivity contribution in [3.05, 3.63) is 77.4 Å². The van der Waals surface area contributed by atoms with E-state index in [0.717, 1.165) is 29.2 Å². The number of rotatable bonds is 5. The molecule has 2 aliphatic rings. The molecular weight excluding hydrogens is 418 g/mol. The first-order chi connectivity index (χ1) is 16.1. The number of fused-ring (bicyclic) bond motifs is 2. The number of ether oxygens (including phenoxy) is 2. The highest BCUT2D eigenvalue weighted by atomic mass is 16.6. The first-order valence-corrected chi connectivity index (χ1v) is 11.3. The Balaban J connectivity index is 1.70. The van der Waals surface area contributed by atoms with Gasteiger partial charge in [-0.15, -0.1) is 0 Å². The van der Waals surface area contributed by atoms with E-state index in [-0.39, 0.29) is 11.3 Å². The standard InChI is InChI=1S/C27H25NO5/c1-2-3-13-28-24(20-10-6-8-17-7-4-5-9-19(17)20)23(26(30)27(28)31)25(29)18-11-12-21-22(16-18)33-15-14-32-21/h4-12,16,24,29H,2-3,13-15H2,1H3/b25-23-. The average Bonchev–Trinajstić information content (AvgIpc) is 3.11. The number of benzene rings is 3. The van der Waals surface area contributed by atoms with Gasteiger partial charge in [-0.25, -0.2) is 0 Å². The van der Waals surface area contributed by atoms with Crippen molar-refractivity contribution in [2.45, 2.75) is 25.8 Å². The summed E-state index contributed by atoms with van der Waals surface area (Å²) >= 11 is 0. The molecule has 1 fully saturated rings. The second kappa shape index (κ2) is 8.62. The van der Waals surface area contributed by atoms with Crippen LogP contribution in [0.1, 0.15) is 36.9 Å². The molecule has 3 aromatic carbocycles. The van der Waals surface area contributed by atoms with Gasteiger partial charge in [0.15, 0.2) is 11.5 Å². The van der Waals surface area contributed by atoms with Crippen LogP contribution in [0.15, 0.2) is 66.2 Å². The summed E-state index contributed by atoms with van der Waals surface area (Å²) in [5.41, 5.74) is 1.34. The molecular formula is C27H25NO5. The number of ketones is 1. The van der Waals surface area contributed by atoms with Gasteiger partial charge in [0.2, 0.25) is 0 Å². The molecule has 33 heavy (non-hydrogen) atoms. The molecule has 3 aromatic rings. The lowest BCUT2D eigenvalue weighted by Gasteiger charge is -2.26. The van der Waals surface area contributed by atoms with Gasteiger partial charge in [0, 0.05) is 12.1 Å². The number of nitrogens with zero attached hydrogens (tertiary/aromatic N) is 1. The van der Waals surface area contributed by atoms with Crippen molar-refractivity contribution in [3.8, 4) is 11.5 Å². The maximum Gasteiger partial charge on any atom is 0.295 e. The maximum atomic E-state index is 13.2. The van der Waals surface area contributed by atoms with Gasteiger partial charge in [0.05, 0.1) is 11.6 Å². The zero-order chi connectivity index (χ0) is 22.9. The Morgan fingerprint density at radius 3 is 2.58 bits per heavy atom. The molecule has 5 rings (SSSR count). The fourth-order valence-electron chi connectivity index (χ4n) is 4.60. The van der Waals surface area contributed by atoms with Gasteiger partial charge in [0.1, 0.15) is 19.0 Å². The average molecular weight is 443 g/mol. The molecule has 168 valence electrons. The van der Waals surface area contributed by atoms with Crippen molar-refractivity contribution >= 4 is 28.2 Å². The number of amides is 1. The van der Waals surface area contributed by atoms with E-state index < -0.39 is 17.7 Å². The summed E-state index contributed by atoms with van der Waals surface area (Å²) in [6, 6.07) is 18.1. The van der Waals surface area contributed by atoms with Gasteiger partial charge in [-0.3, -0.25) is 9.59 Å². The van der Waals surface area contributed by atoms with Crippen molar-refractivity contribution in [2.24, 2.45) is 0 Å². The second-order valence-electron chi connectivity index (χ2n) is 8.27. The molecule has 2 heterocycles. The summed E-state index contributed by atoms with van der Waals surface area (Å²) < 4.78 is 11.2. The largest absolute Gasteiger partial charge is 0.507 e. The number of hydrogen-bond acceptors (Lipinski definition) is 5. The van der Waals surface area contributed by atoms with Crippen molar-refractivity contribution in [3.63, 3.8) is 0 Å². The number of carbonyl (C=O) groups is 2. The smallest absolute Gasteiger partial charge is 0.295 e. The number of likely N-dealkylation sites (tertiary alicyclic amines) is 1. The lowest BCUT2D eigenvalue weighted by atomic mass is 9.91. The van der Waals surface area contributed by atoms with Gasteiger partial charge in [-0.05, 0) is 41.0 Å². The number of aliphatic hydroxyl groups is 1. The van der Waals surface area contributed by atoms with Crippen LogP contribution in [0.4, 0.5) is 0 Å². The molecule has 0 bridgehead atoms. The van der Waals surface area contributed by atoms with Crippen LogP contribution in [-0.2, 0) is 9.59 Å². The third-order valence-corrected chi connectivity index (χ3v) is 6.23. The molecule has 0 aliphatic carbocycles. The Morgan fingerprint density at radius 1 is 1.00 bits per heavy atom. The van der Waals surface area contributed by atoms with Gasteiger partial charge >= 0.3 is 0 Å². The zero-order valence-electron chi connectivity index (χ0n) is 18.4. The van der Waals surface area contributed by atoms with E-state index in [4.69, 9.17) is 9.47 Å². The van der Waals surface area contributed by atoms with E-state index in [9.17, 15) is 14.7 Å². The fraction of sp³-hybridized carbons (Fsp3) is 0.259. The van der Waals surface area contributed by atoms with E-state index in [1.807, 2.05) is 49.4 Å². The Hall–Kier alpha value is -3.80. The summed E-state index contributed by atoms with van der Waals surface area (Å²) in [4.78, 5) is 27.9. The molecule has 6 nitrogen and oxygen atoms in total. The molecule has 1 amide bonds. The van der Waals surface area contributed by atoms with E-state index in [0.29, 0.717) is 36.8 Å². The SMILES string of the molecule is CCCCN1C(=O)C(=O)/C(=C(\O)c2ccc3c(c2)OCCO3)C1c1cccc2ccccc12. The van der Waals surface area contributed by atoms with Crippen molar-refractivity contribution in [1.82, 2.24) is 4.90 Å². The molecule has 0 radical (unpaired) electrons. The van der Waals surface area contributed by atoms with Crippen LogP contribution in [0, 0.1) is 0 Å². The topological polar surface area (TPSA) is 76.1 Å². The molecule has 0 saturated carbocycles. The molecule has 1 unspecified atom stereocenters. The molecule has 1 atom stereocenters. The molecule has 1 saturated heterocycles. The summed E-state index contributed by atoms with van der Waals surface area (Å²) in [6.07, 6.45) is 1.64. The molecule has 0 aromatic heterocycles. The first-order valence-electron chi connectivity index (χ1n) is 11.3. The normalized spacial score (nSPS) is 19.3. The number of unbranched alkanes of at least 4 members (excludes halogenated alkanes) is 1. The zero-order valence-corrected chi connectivity index (χ0v) is 18.4. The number of Topliss-reactive ketones (excluding diaryl/α,β-unsaturated/α-hetero) is 1. The van der Waals surface area contributed by atoms with Crippen molar-refractivity contribution < 1.29 is 24.2 Å². The Kier molecular flexibility index (Phi) is 5.50.